The minimum Gasteiger partial charge on any atom is -0.476 e. The van der Waals surface area contributed by atoms with Crippen molar-refractivity contribution in [1.29, 1.82) is 0 Å². The lowest BCUT2D eigenvalue weighted by Gasteiger charge is -2.18. The predicted octanol–water partition coefficient (Wildman–Crippen LogP) is 0.945. The second kappa shape index (κ2) is 3.04. The monoisotopic (exact) mass is 186 g/mol. The summed E-state index contributed by atoms with van der Waals surface area (Å²) < 4.78 is 9.43. The van der Waals surface area contributed by atoms with Gasteiger partial charge in [-0.15, -0.1) is 0 Å². The SMILES string of the molecule is CC(C)(C)Oc1nonc1C(=O)O. The number of carboxylic acid groups (broad SMARTS) is 1. The summed E-state index contributed by atoms with van der Waals surface area (Å²) in [5.41, 5.74) is -0.835. The minimum atomic E-state index is -1.22. The van der Waals surface area contributed by atoms with Gasteiger partial charge in [0.05, 0.1) is 0 Å². The maximum Gasteiger partial charge on any atom is 0.363 e. The first-order valence-electron chi connectivity index (χ1n) is 3.65. The molecule has 0 spiro atoms. The van der Waals surface area contributed by atoms with Crippen molar-refractivity contribution in [2.45, 2.75) is 26.4 Å². The Labute approximate surface area is 74.5 Å². The number of aromatic carboxylic acids is 1. The highest BCUT2D eigenvalue weighted by molar-refractivity contribution is 5.87. The summed E-state index contributed by atoms with van der Waals surface area (Å²) in [6.45, 7) is 5.31. The number of ether oxygens (including phenoxy) is 1. The molecule has 0 saturated carbocycles. The van der Waals surface area contributed by atoms with Crippen LogP contribution in [0.15, 0.2) is 4.63 Å². The highest BCUT2D eigenvalue weighted by Gasteiger charge is 2.23. The lowest BCUT2D eigenvalue weighted by atomic mass is 10.2. The molecule has 6 heteroatoms. The Kier molecular flexibility index (Phi) is 2.22. The molecule has 72 valence electrons. The molecular weight excluding hydrogens is 176 g/mol. The van der Waals surface area contributed by atoms with Crippen LogP contribution in [0.5, 0.6) is 5.88 Å². The van der Waals surface area contributed by atoms with Gasteiger partial charge < -0.3 is 9.84 Å². The largest absolute Gasteiger partial charge is 0.476 e. The summed E-state index contributed by atoms with van der Waals surface area (Å²) in [6.07, 6.45) is 0. The summed E-state index contributed by atoms with van der Waals surface area (Å²) in [5.74, 6) is -1.32. The second-order valence-corrected chi connectivity index (χ2v) is 3.44. The summed E-state index contributed by atoms with van der Waals surface area (Å²) in [4.78, 5) is 10.5. The van der Waals surface area contributed by atoms with Crippen LogP contribution in [0.25, 0.3) is 0 Å². The van der Waals surface area contributed by atoms with E-state index in [4.69, 9.17) is 9.84 Å². The third kappa shape index (κ3) is 2.43. The van der Waals surface area contributed by atoms with Crippen molar-refractivity contribution in [1.82, 2.24) is 10.3 Å². The van der Waals surface area contributed by atoms with Crippen molar-refractivity contribution in [3.05, 3.63) is 5.69 Å². The maximum atomic E-state index is 10.5. The highest BCUT2D eigenvalue weighted by atomic mass is 16.6. The molecule has 0 amide bonds. The molecule has 0 saturated heterocycles. The summed E-state index contributed by atoms with van der Waals surface area (Å²) in [7, 11) is 0. The van der Waals surface area contributed by atoms with Gasteiger partial charge in [-0.3, -0.25) is 0 Å². The van der Waals surface area contributed by atoms with E-state index in [0.29, 0.717) is 0 Å². The first-order chi connectivity index (χ1) is 5.90. The van der Waals surface area contributed by atoms with Crippen LogP contribution in [0.3, 0.4) is 0 Å². The van der Waals surface area contributed by atoms with Crippen LogP contribution < -0.4 is 4.74 Å². The molecule has 1 aromatic heterocycles. The molecule has 0 aromatic carbocycles. The van der Waals surface area contributed by atoms with Crippen molar-refractivity contribution >= 4 is 5.97 Å². The normalized spacial score (nSPS) is 11.3. The van der Waals surface area contributed by atoms with Gasteiger partial charge in [0.15, 0.2) is 0 Å². The number of hydrogen-bond acceptors (Lipinski definition) is 5. The Morgan fingerprint density at radius 2 is 2.08 bits per heavy atom. The Morgan fingerprint density at radius 3 is 2.54 bits per heavy atom. The molecule has 1 N–H and O–H groups in total. The van der Waals surface area contributed by atoms with E-state index in [2.05, 4.69) is 14.9 Å². The fourth-order valence-corrected chi connectivity index (χ4v) is 0.668. The van der Waals surface area contributed by atoms with Crippen molar-refractivity contribution < 1.29 is 19.3 Å². The molecule has 13 heavy (non-hydrogen) atoms. The highest BCUT2D eigenvalue weighted by Crippen LogP contribution is 2.18. The van der Waals surface area contributed by atoms with E-state index in [1.165, 1.54) is 0 Å². The quantitative estimate of drug-likeness (QED) is 0.739. The van der Waals surface area contributed by atoms with Crippen molar-refractivity contribution in [3.63, 3.8) is 0 Å². The molecule has 6 nitrogen and oxygen atoms in total. The third-order valence-corrected chi connectivity index (χ3v) is 1.06. The summed E-state index contributed by atoms with van der Waals surface area (Å²) >= 11 is 0. The van der Waals surface area contributed by atoms with Gasteiger partial charge in [-0.25, -0.2) is 9.42 Å². The molecule has 0 aliphatic carbocycles. The summed E-state index contributed by atoms with van der Waals surface area (Å²) in [5, 5.41) is 15.1. The average Bonchev–Trinajstić information content (AvgIpc) is 2.31. The molecule has 0 aliphatic heterocycles. The number of hydrogen-bond donors (Lipinski definition) is 1. The smallest absolute Gasteiger partial charge is 0.363 e. The third-order valence-electron chi connectivity index (χ3n) is 1.06. The molecule has 0 bridgehead atoms. The van der Waals surface area contributed by atoms with Crippen molar-refractivity contribution in [3.8, 4) is 5.88 Å². The fraction of sp³-hybridized carbons (Fsp3) is 0.571. The number of aromatic nitrogens is 2. The molecule has 0 aliphatic rings. The molecule has 0 radical (unpaired) electrons. The molecule has 0 atom stereocenters. The van der Waals surface area contributed by atoms with Crippen LogP contribution in [0.1, 0.15) is 31.3 Å². The van der Waals surface area contributed by atoms with Crippen LogP contribution in [0, 0.1) is 0 Å². The van der Waals surface area contributed by atoms with Gasteiger partial charge in [0.1, 0.15) is 5.60 Å². The number of rotatable bonds is 2. The Balaban J connectivity index is 2.89. The lowest BCUT2D eigenvalue weighted by molar-refractivity contribution is 0.0671. The van der Waals surface area contributed by atoms with E-state index in [1.807, 2.05) is 0 Å². The Morgan fingerprint density at radius 1 is 1.46 bits per heavy atom. The van der Waals surface area contributed by atoms with Gasteiger partial charge in [-0.05, 0) is 31.1 Å². The zero-order valence-corrected chi connectivity index (χ0v) is 7.57. The molecule has 0 unspecified atom stereocenters. The van der Waals surface area contributed by atoms with Crippen LogP contribution in [0.4, 0.5) is 0 Å². The van der Waals surface area contributed by atoms with Crippen LogP contribution in [-0.4, -0.2) is 27.0 Å². The second-order valence-electron chi connectivity index (χ2n) is 3.44. The number of nitrogens with zero attached hydrogens (tertiary/aromatic N) is 2. The Hall–Kier alpha value is -1.59. The molecule has 0 fully saturated rings. The van der Waals surface area contributed by atoms with E-state index < -0.39 is 11.6 Å². The van der Waals surface area contributed by atoms with Crippen molar-refractivity contribution in [2.24, 2.45) is 0 Å². The van der Waals surface area contributed by atoms with E-state index in [0.717, 1.165) is 0 Å². The van der Waals surface area contributed by atoms with E-state index in [9.17, 15) is 4.79 Å². The zero-order valence-electron chi connectivity index (χ0n) is 7.57. The van der Waals surface area contributed by atoms with Gasteiger partial charge in [-0.2, -0.15) is 0 Å². The van der Waals surface area contributed by atoms with Crippen LogP contribution in [0.2, 0.25) is 0 Å². The van der Waals surface area contributed by atoms with E-state index in [-0.39, 0.29) is 11.6 Å². The lowest BCUT2D eigenvalue weighted by Crippen LogP contribution is -2.24. The topological polar surface area (TPSA) is 85.5 Å². The number of carboxylic acids is 1. The van der Waals surface area contributed by atoms with Gasteiger partial charge in [0.2, 0.25) is 0 Å². The van der Waals surface area contributed by atoms with Crippen molar-refractivity contribution in [2.75, 3.05) is 0 Å². The Bertz CT molecular complexity index is 313. The van der Waals surface area contributed by atoms with E-state index in [1.54, 1.807) is 20.8 Å². The average molecular weight is 186 g/mol. The van der Waals surface area contributed by atoms with Gasteiger partial charge in [-0.1, -0.05) is 0 Å². The standard InChI is InChI=1S/C7H10N2O4/c1-7(2,3)12-5-4(6(10)11)8-13-9-5/h1-3H3,(H,10,11). The predicted molar refractivity (Wildman–Crippen MR) is 41.6 cm³/mol. The van der Waals surface area contributed by atoms with Crippen LogP contribution in [-0.2, 0) is 0 Å². The maximum absolute atomic E-state index is 10.5. The van der Waals surface area contributed by atoms with Gasteiger partial charge >= 0.3 is 5.97 Å². The minimum absolute atomic E-state index is 0.0972. The van der Waals surface area contributed by atoms with Gasteiger partial charge in [0, 0.05) is 0 Å². The first-order valence-corrected chi connectivity index (χ1v) is 3.65. The number of carbonyl (C=O) groups is 1. The fourth-order valence-electron chi connectivity index (χ4n) is 0.668. The summed E-state index contributed by atoms with van der Waals surface area (Å²) in [6, 6.07) is 0. The zero-order chi connectivity index (χ0) is 10.1. The van der Waals surface area contributed by atoms with E-state index >= 15 is 0 Å². The van der Waals surface area contributed by atoms with Crippen LogP contribution >= 0.6 is 0 Å². The first kappa shape index (κ1) is 9.50. The van der Waals surface area contributed by atoms with Gasteiger partial charge in [0.25, 0.3) is 11.6 Å². The molecule has 1 heterocycles. The molecular formula is C7H10N2O4. The molecule has 1 rings (SSSR count). The molecule has 1 aromatic rings.